The van der Waals surface area contributed by atoms with Crippen LogP contribution in [-0.2, 0) is 9.59 Å². The topological polar surface area (TPSA) is 79.8 Å². The van der Waals surface area contributed by atoms with Crippen molar-refractivity contribution in [3.8, 4) is 5.75 Å². The largest absolute Gasteiger partial charge is 0.495 e. The minimum Gasteiger partial charge on any atom is -0.495 e. The molecule has 0 atom stereocenters. The molecule has 2 rings (SSSR count). The van der Waals surface area contributed by atoms with Crippen LogP contribution in [0.3, 0.4) is 0 Å². The van der Waals surface area contributed by atoms with Gasteiger partial charge in [0, 0.05) is 6.21 Å². The third kappa shape index (κ3) is 5.10. The molecule has 0 saturated heterocycles. The molecule has 0 heterocycles. The molecule has 24 heavy (non-hydrogen) atoms. The average molecular weight is 323 g/mol. The van der Waals surface area contributed by atoms with Crippen molar-refractivity contribution < 1.29 is 14.3 Å². The van der Waals surface area contributed by atoms with Gasteiger partial charge in [0.25, 0.3) is 0 Å². The lowest BCUT2D eigenvalue weighted by molar-refractivity contribution is -0.136. The van der Waals surface area contributed by atoms with Gasteiger partial charge in [-0.25, -0.2) is 5.43 Å². The lowest BCUT2D eigenvalue weighted by atomic mass is 10.2. The summed E-state index contributed by atoms with van der Waals surface area (Å²) in [6.07, 6.45) is 4.87. The first kappa shape index (κ1) is 17.0. The second-order valence-corrected chi connectivity index (χ2v) is 4.64. The van der Waals surface area contributed by atoms with Crippen LogP contribution in [-0.4, -0.2) is 25.1 Å². The monoisotopic (exact) mass is 323 g/mol. The predicted octanol–water partition coefficient (Wildman–Crippen LogP) is 2.45. The number of ether oxygens (including phenoxy) is 1. The van der Waals surface area contributed by atoms with E-state index >= 15 is 0 Å². The van der Waals surface area contributed by atoms with Crippen molar-refractivity contribution in [3.05, 3.63) is 66.2 Å². The highest BCUT2D eigenvalue weighted by Gasteiger charge is 2.14. The number of amides is 2. The number of para-hydroxylation sites is 2. The zero-order valence-electron chi connectivity index (χ0n) is 13.1. The van der Waals surface area contributed by atoms with Gasteiger partial charge in [-0.15, -0.1) is 0 Å². The highest BCUT2D eigenvalue weighted by atomic mass is 16.5. The maximum atomic E-state index is 11.8. The van der Waals surface area contributed by atoms with E-state index < -0.39 is 11.8 Å². The Kier molecular flexibility index (Phi) is 6.28. The number of anilines is 1. The van der Waals surface area contributed by atoms with Crippen LogP contribution in [0.25, 0.3) is 6.08 Å². The van der Waals surface area contributed by atoms with Crippen LogP contribution < -0.4 is 15.5 Å². The van der Waals surface area contributed by atoms with Crippen LogP contribution in [0.2, 0.25) is 0 Å². The Balaban J connectivity index is 1.84. The zero-order chi connectivity index (χ0) is 17.2. The Morgan fingerprint density at radius 1 is 1.00 bits per heavy atom. The number of nitrogens with zero attached hydrogens (tertiary/aromatic N) is 1. The summed E-state index contributed by atoms with van der Waals surface area (Å²) in [5.41, 5.74) is 3.57. The maximum Gasteiger partial charge on any atom is 0.329 e. The molecule has 0 spiro atoms. The van der Waals surface area contributed by atoms with E-state index in [1.54, 1.807) is 30.3 Å². The molecule has 2 amide bonds. The van der Waals surface area contributed by atoms with Crippen molar-refractivity contribution in [2.45, 2.75) is 0 Å². The molecule has 0 aliphatic heterocycles. The van der Waals surface area contributed by atoms with Gasteiger partial charge in [-0.05, 0) is 23.8 Å². The van der Waals surface area contributed by atoms with E-state index in [-0.39, 0.29) is 0 Å². The van der Waals surface area contributed by atoms with E-state index in [0.717, 1.165) is 5.56 Å². The summed E-state index contributed by atoms with van der Waals surface area (Å²) in [5, 5.41) is 6.15. The summed E-state index contributed by atoms with van der Waals surface area (Å²) >= 11 is 0. The molecular formula is C18H17N3O3. The van der Waals surface area contributed by atoms with E-state index in [0.29, 0.717) is 11.4 Å². The van der Waals surface area contributed by atoms with Gasteiger partial charge in [-0.3, -0.25) is 9.59 Å². The molecule has 0 fully saturated rings. The molecule has 2 aromatic carbocycles. The molecule has 0 aliphatic rings. The summed E-state index contributed by atoms with van der Waals surface area (Å²) in [6, 6.07) is 16.4. The van der Waals surface area contributed by atoms with Gasteiger partial charge >= 0.3 is 11.8 Å². The Bertz CT molecular complexity index is 755. The molecule has 2 N–H and O–H groups in total. The number of hydrogen-bond acceptors (Lipinski definition) is 4. The van der Waals surface area contributed by atoms with Crippen molar-refractivity contribution in [3.63, 3.8) is 0 Å². The van der Waals surface area contributed by atoms with Gasteiger partial charge in [0.15, 0.2) is 0 Å². The van der Waals surface area contributed by atoms with E-state index in [1.807, 2.05) is 36.4 Å². The van der Waals surface area contributed by atoms with Gasteiger partial charge in [-0.1, -0.05) is 48.5 Å². The molecule has 0 aliphatic carbocycles. The second kappa shape index (κ2) is 8.89. The van der Waals surface area contributed by atoms with Crippen LogP contribution in [0.4, 0.5) is 5.69 Å². The van der Waals surface area contributed by atoms with Crippen molar-refractivity contribution in [1.82, 2.24) is 5.43 Å². The summed E-state index contributed by atoms with van der Waals surface area (Å²) in [4.78, 5) is 23.5. The quantitative estimate of drug-likeness (QED) is 0.504. The first-order valence-corrected chi connectivity index (χ1v) is 7.20. The third-order valence-electron chi connectivity index (χ3n) is 2.98. The van der Waals surface area contributed by atoms with Crippen LogP contribution >= 0.6 is 0 Å². The standard InChI is InChI=1S/C18H17N3O3/c1-24-16-12-6-5-11-15(16)20-17(22)18(23)21-19-13-7-10-14-8-3-2-4-9-14/h2-13H,1H3,(H,20,22)(H,21,23)/b10-7+,19-13+. The lowest BCUT2D eigenvalue weighted by Gasteiger charge is -2.08. The molecule has 2 aromatic rings. The van der Waals surface area contributed by atoms with Gasteiger partial charge in [0.1, 0.15) is 5.75 Å². The number of rotatable bonds is 5. The normalized spacial score (nSPS) is 10.7. The molecule has 122 valence electrons. The number of nitrogens with one attached hydrogen (secondary N) is 2. The lowest BCUT2D eigenvalue weighted by Crippen LogP contribution is -2.32. The number of carbonyl (C=O) groups excluding carboxylic acids is 2. The van der Waals surface area contributed by atoms with E-state index in [9.17, 15) is 9.59 Å². The summed E-state index contributed by atoms with van der Waals surface area (Å²) in [6.45, 7) is 0. The number of carbonyl (C=O) groups is 2. The van der Waals surface area contributed by atoms with E-state index in [1.165, 1.54) is 13.3 Å². The van der Waals surface area contributed by atoms with Gasteiger partial charge in [-0.2, -0.15) is 5.10 Å². The Morgan fingerprint density at radius 2 is 1.71 bits per heavy atom. The number of benzene rings is 2. The SMILES string of the molecule is COc1ccccc1NC(=O)C(=O)N/N=C/C=C/c1ccccc1. The molecule has 0 bridgehead atoms. The number of allylic oxidation sites excluding steroid dienone is 1. The van der Waals surface area contributed by atoms with Crippen molar-refractivity contribution in [1.29, 1.82) is 0 Å². The van der Waals surface area contributed by atoms with Crippen molar-refractivity contribution in [2.75, 3.05) is 12.4 Å². The molecular weight excluding hydrogens is 306 g/mol. The fraction of sp³-hybridized carbons (Fsp3) is 0.0556. The zero-order valence-corrected chi connectivity index (χ0v) is 13.1. The van der Waals surface area contributed by atoms with Crippen molar-refractivity contribution >= 4 is 29.8 Å². The summed E-state index contributed by atoms with van der Waals surface area (Å²) in [7, 11) is 1.48. The van der Waals surface area contributed by atoms with Gasteiger partial charge < -0.3 is 10.1 Å². The molecule has 6 heteroatoms. The summed E-state index contributed by atoms with van der Waals surface area (Å²) < 4.78 is 5.10. The smallest absolute Gasteiger partial charge is 0.329 e. The molecule has 0 aromatic heterocycles. The number of methoxy groups -OCH3 is 1. The fourth-order valence-electron chi connectivity index (χ4n) is 1.83. The van der Waals surface area contributed by atoms with Crippen LogP contribution in [0.5, 0.6) is 5.75 Å². The third-order valence-corrected chi connectivity index (χ3v) is 2.98. The number of hydrazone groups is 1. The fourth-order valence-corrected chi connectivity index (χ4v) is 1.83. The highest BCUT2D eigenvalue weighted by molar-refractivity contribution is 6.39. The predicted molar refractivity (Wildman–Crippen MR) is 93.7 cm³/mol. The van der Waals surface area contributed by atoms with E-state index in [2.05, 4.69) is 15.8 Å². The van der Waals surface area contributed by atoms with E-state index in [4.69, 9.17) is 4.74 Å². The second-order valence-electron chi connectivity index (χ2n) is 4.64. The molecule has 0 saturated carbocycles. The van der Waals surface area contributed by atoms with Crippen LogP contribution in [0.15, 0.2) is 65.8 Å². The summed E-state index contributed by atoms with van der Waals surface area (Å²) in [5.74, 6) is -1.23. The van der Waals surface area contributed by atoms with Gasteiger partial charge in [0.2, 0.25) is 0 Å². The first-order valence-electron chi connectivity index (χ1n) is 7.20. The van der Waals surface area contributed by atoms with Crippen LogP contribution in [0.1, 0.15) is 5.56 Å². The van der Waals surface area contributed by atoms with Gasteiger partial charge in [0.05, 0.1) is 12.8 Å². The Morgan fingerprint density at radius 3 is 2.46 bits per heavy atom. The minimum atomic E-state index is -0.870. The Hall–Kier alpha value is -3.41. The average Bonchev–Trinajstić information content (AvgIpc) is 2.62. The number of hydrogen-bond donors (Lipinski definition) is 2. The minimum absolute atomic E-state index is 0.410. The molecule has 0 radical (unpaired) electrons. The van der Waals surface area contributed by atoms with Crippen molar-refractivity contribution in [2.24, 2.45) is 5.10 Å². The highest BCUT2D eigenvalue weighted by Crippen LogP contribution is 2.22. The maximum absolute atomic E-state index is 11.8. The van der Waals surface area contributed by atoms with Crippen LogP contribution in [0, 0.1) is 0 Å². The Labute approximate surface area is 139 Å². The first-order chi connectivity index (χ1) is 11.7. The molecule has 0 unspecified atom stereocenters. The molecule has 6 nitrogen and oxygen atoms in total.